The molecule has 152 valence electrons. The Hall–Kier alpha value is -3.79. The van der Waals surface area contributed by atoms with Gasteiger partial charge in [-0.25, -0.2) is 0 Å². The van der Waals surface area contributed by atoms with Gasteiger partial charge in [-0.3, -0.25) is 9.59 Å². The molecule has 3 aromatic rings. The molecule has 0 bridgehead atoms. The van der Waals surface area contributed by atoms with E-state index in [2.05, 4.69) is 11.1 Å². The molecule has 1 atom stereocenters. The molecule has 1 unspecified atom stereocenters. The number of aromatic amines is 1. The van der Waals surface area contributed by atoms with Gasteiger partial charge < -0.3 is 19.5 Å². The molecule has 0 spiro atoms. The van der Waals surface area contributed by atoms with Gasteiger partial charge in [0.2, 0.25) is 0 Å². The number of benzene rings is 2. The molecule has 1 N–H and O–H groups in total. The minimum absolute atomic E-state index is 0.0259. The molecule has 1 aliphatic rings. The van der Waals surface area contributed by atoms with Gasteiger partial charge in [0.05, 0.1) is 29.1 Å². The number of amides is 2. The summed E-state index contributed by atoms with van der Waals surface area (Å²) in [6, 6.07) is 14.5. The van der Waals surface area contributed by atoms with Crippen LogP contribution in [-0.2, 0) is 0 Å². The van der Waals surface area contributed by atoms with E-state index in [1.165, 1.54) is 0 Å². The van der Waals surface area contributed by atoms with Crippen molar-refractivity contribution in [2.75, 3.05) is 26.7 Å². The Morgan fingerprint density at radius 1 is 1.13 bits per heavy atom. The standard InChI is InChI=1S/C23H22N4O3/c1-15-14-26(22(28)16-6-4-3-5-7-16)10-11-27(15)23(29)18-13-25-21-17(12-24)8-9-19(30-2)20(18)21/h3-9,13,15,25H,10-11,14H2,1-2H3. The topological polar surface area (TPSA) is 89.4 Å². The highest BCUT2D eigenvalue weighted by Gasteiger charge is 2.32. The number of piperazine rings is 1. The lowest BCUT2D eigenvalue weighted by Crippen LogP contribution is -2.55. The van der Waals surface area contributed by atoms with E-state index in [0.29, 0.717) is 53.0 Å². The number of carbonyl (C=O) groups is 2. The number of rotatable bonds is 3. The molecule has 0 aliphatic carbocycles. The van der Waals surface area contributed by atoms with Crippen molar-refractivity contribution in [3.05, 3.63) is 65.4 Å². The van der Waals surface area contributed by atoms with Crippen LogP contribution >= 0.6 is 0 Å². The molecule has 4 rings (SSSR count). The molecule has 1 saturated heterocycles. The molecule has 2 amide bonds. The third-order valence-corrected chi connectivity index (χ3v) is 5.56. The number of hydrogen-bond donors (Lipinski definition) is 1. The first-order valence-corrected chi connectivity index (χ1v) is 9.78. The van der Waals surface area contributed by atoms with Crippen LogP contribution in [0.25, 0.3) is 10.9 Å². The highest BCUT2D eigenvalue weighted by atomic mass is 16.5. The van der Waals surface area contributed by atoms with Gasteiger partial charge in [-0.15, -0.1) is 0 Å². The van der Waals surface area contributed by atoms with E-state index in [0.717, 1.165) is 0 Å². The van der Waals surface area contributed by atoms with E-state index in [-0.39, 0.29) is 17.9 Å². The number of methoxy groups -OCH3 is 1. The Balaban J connectivity index is 1.58. The van der Waals surface area contributed by atoms with Crippen molar-refractivity contribution in [3.63, 3.8) is 0 Å². The summed E-state index contributed by atoms with van der Waals surface area (Å²) >= 11 is 0. The third-order valence-electron chi connectivity index (χ3n) is 5.56. The maximum absolute atomic E-state index is 13.4. The summed E-state index contributed by atoms with van der Waals surface area (Å²) in [5.41, 5.74) is 2.16. The number of hydrogen-bond acceptors (Lipinski definition) is 4. The fraction of sp³-hybridized carbons (Fsp3) is 0.261. The Bertz CT molecular complexity index is 1150. The van der Waals surface area contributed by atoms with Crippen LogP contribution in [-0.4, -0.2) is 59.4 Å². The van der Waals surface area contributed by atoms with Crippen LogP contribution in [0.5, 0.6) is 5.75 Å². The third kappa shape index (κ3) is 3.26. The van der Waals surface area contributed by atoms with Gasteiger partial charge in [-0.05, 0) is 31.2 Å². The van der Waals surface area contributed by atoms with E-state index < -0.39 is 0 Å². The summed E-state index contributed by atoms with van der Waals surface area (Å²) in [4.78, 5) is 32.7. The first-order chi connectivity index (χ1) is 14.5. The van der Waals surface area contributed by atoms with Gasteiger partial charge in [-0.2, -0.15) is 5.26 Å². The van der Waals surface area contributed by atoms with E-state index in [4.69, 9.17) is 4.74 Å². The average Bonchev–Trinajstić information content (AvgIpc) is 3.23. The number of fused-ring (bicyclic) bond motifs is 1. The maximum Gasteiger partial charge on any atom is 0.256 e. The molecule has 30 heavy (non-hydrogen) atoms. The minimum atomic E-state index is -0.144. The Labute approximate surface area is 174 Å². The lowest BCUT2D eigenvalue weighted by Gasteiger charge is -2.40. The fourth-order valence-electron chi connectivity index (χ4n) is 4.01. The molecular formula is C23H22N4O3. The van der Waals surface area contributed by atoms with Crippen molar-refractivity contribution in [1.82, 2.24) is 14.8 Å². The van der Waals surface area contributed by atoms with E-state index in [1.54, 1.807) is 47.4 Å². The quantitative estimate of drug-likeness (QED) is 0.729. The smallest absolute Gasteiger partial charge is 0.256 e. The van der Waals surface area contributed by atoms with Gasteiger partial charge in [0.15, 0.2) is 0 Å². The van der Waals surface area contributed by atoms with E-state index in [9.17, 15) is 14.9 Å². The first-order valence-electron chi connectivity index (χ1n) is 9.78. The maximum atomic E-state index is 13.4. The van der Waals surface area contributed by atoms with Crippen molar-refractivity contribution < 1.29 is 14.3 Å². The molecule has 7 heteroatoms. The zero-order valence-electron chi connectivity index (χ0n) is 16.9. The number of carbonyl (C=O) groups excluding carboxylic acids is 2. The fourth-order valence-corrected chi connectivity index (χ4v) is 4.01. The number of aromatic nitrogens is 1. The van der Waals surface area contributed by atoms with Gasteiger partial charge >= 0.3 is 0 Å². The van der Waals surface area contributed by atoms with Crippen LogP contribution in [0.4, 0.5) is 0 Å². The van der Waals surface area contributed by atoms with E-state index >= 15 is 0 Å². The number of nitrogens with one attached hydrogen (secondary N) is 1. The first kappa shape index (κ1) is 19.5. The predicted octanol–water partition coefficient (Wildman–Crippen LogP) is 3.03. The van der Waals surface area contributed by atoms with Crippen molar-refractivity contribution >= 4 is 22.7 Å². The zero-order chi connectivity index (χ0) is 21.3. The molecule has 2 heterocycles. The van der Waals surface area contributed by atoms with Crippen LogP contribution in [0, 0.1) is 11.3 Å². The van der Waals surface area contributed by atoms with Crippen LogP contribution in [0.3, 0.4) is 0 Å². The average molecular weight is 402 g/mol. The van der Waals surface area contributed by atoms with Gasteiger partial charge in [0, 0.05) is 37.4 Å². The number of nitrogens with zero attached hydrogens (tertiary/aromatic N) is 3. The molecule has 1 fully saturated rings. The summed E-state index contributed by atoms with van der Waals surface area (Å²) in [6.45, 7) is 3.30. The molecule has 7 nitrogen and oxygen atoms in total. The SMILES string of the molecule is COc1ccc(C#N)c2[nH]cc(C(=O)N3CCN(C(=O)c4ccccc4)CC3C)c12. The number of H-pyrrole nitrogens is 1. The van der Waals surface area contributed by atoms with Crippen molar-refractivity contribution in [1.29, 1.82) is 5.26 Å². The van der Waals surface area contributed by atoms with Gasteiger partial charge in [0.25, 0.3) is 11.8 Å². The summed E-state index contributed by atoms with van der Waals surface area (Å²) in [7, 11) is 1.54. The Kier molecular flexibility index (Phi) is 5.15. The second-order valence-electron chi connectivity index (χ2n) is 7.34. The lowest BCUT2D eigenvalue weighted by atomic mass is 10.1. The predicted molar refractivity (Wildman–Crippen MR) is 112 cm³/mol. The number of nitriles is 1. The summed E-state index contributed by atoms with van der Waals surface area (Å²) < 4.78 is 5.43. The summed E-state index contributed by atoms with van der Waals surface area (Å²) in [5, 5.41) is 9.98. The minimum Gasteiger partial charge on any atom is -0.496 e. The molecule has 1 aromatic heterocycles. The van der Waals surface area contributed by atoms with Crippen LogP contribution in [0.15, 0.2) is 48.7 Å². The second-order valence-corrected chi connectivity index (χ2v) is 7.34. The second kappa shape index (κ2) is 7.91. The molecule has 0 saturated carbocycles. The molecule has 1 aliphatic heterocycles. The monoisotopic (exact) mass is 402 g/mol. The molecular weight excluding hydrogens is 380 g/mol. The summed E-state index contributed by atoms with van der Waals surface area (Å²) in [5.74, 6) is 0.370. The van der Waals surface area contributed by atoms with Crippen molar-refractivity contribution in [3.8, 4) is 11.8 Å². The number of ether oxygens (including phenoxy) is 1. The molecule has 0 radical (unpaired) electrons. The van der Waals surface area contributed by atoms with E-state index in [1.807, 2.05) is 25.1 Å². The van der Waals surface area contributed by atoms with Crippen molar-refractivity contribution in [2.45, 2.75) is 13.0 Å². The van der Waals surface area contributed by atoms with Crippen LogP contribution in [0.2, 0.25) is 0 Å². The highest BCUT2D eigenvalue weighted by Crippen LogP contribution is 2.32. The summed E-state index contributed by atoms with van der Waals surface area (Å²) in [6.07, 6.45) is 1.63. The van der Waals surface area contributed by atoms with Crippen molar-refractivity contribution in [2.24, 2.45) is 0 Å². The van der Waals surface area contributed by atoms with Gasteiger partial charge in [-0.1, -0.05) is 18.2 Å². The zero-order valence-corrected chi connectivity index (χ0v) is 16.9. The largest absolute Gasteiger partial charge is 0.496 e. The van der Waals surface area contributed by atoms with Gasteiger partial charge in [0.1, 0.15) is 11.8 Å². The Morgan fingerprint density at radius 3 is 2.57 bits per heavy atom. The normalized spacial score (nSPS) is 16.4. The lowest BCUT2D eigenvalue weighted by molar-refractivity contribution is 0.0415. The van der Waals surface area contributed by atoms with Crippen LogP contribution < -0.4 is 4.74 Å². The molecule has 2 aromatic carbocycles. The van der Waals surface area contributed by atoms with Crippen LogP contribution in [0.1, 0.15) is 33.2 Å². The highest BCUT2D eigenvalue weighted by molar-refractivity contribution is 6.10. The Morgan fingerprint density at radius 2 is 1.90 bits per heavy atom.